The third kappa shape index (κ3) is 3.51. The van der Waals surface area contributed by atoms with Crippen LogP contribution in [-0.2, 0) is 9.59 Å². The lowest BCUT2D eigenvalue weighted by Gasteiger charge is -2.26. The van der Waals surface area contributed by atoms with Crippen LogP contribution >= 0.6 is 0 Å². The number of aliphatic carboxylic acids is 1. The van der Waals surface area contributed by atoms with Gasteiger partial charge in [-0.3, -0.25) is 9.59 Å². The average Bonchev–Trinajstić information content (AvgIpc) is 3.28. The van der Waals surface area contributed by atoms with Crippen molar-refractivity contribution in [1.82, 2.24) is 5.32 Å². The zero-order valence-electron chi connectivity index (χ0n) is 12.6. The number of nitrogens with one attached hydrogen (secondary N) is 1. The Bertz CT molecular complexity index is 626. The summed E-state index contributed by atoms with van der Waals surface area (Å²) in [5, 5.41) is 11.9. The van der Waals surface area contributed by atoms with Gasteiger partial charge in [-0.15, -0.1) is 0 Å². The number of halogens is 2. The van der Waals surface area contributed by atoms with Crippen LogP contribution in [0, 0.1) is 23.5 Å². The highest BCUT2D eigenvalue weighted by molar-refractivity contribution is 5.83. The summed E-state index contributed by atoms with van der Waals surface area (Å²) in [5.41, 5.74) is 0.390. The van der Waals surface area contributed by atoms with Gasteiger partial charge in [-0.2, -0.15) is 0 Å². The summed E-state index contributed by atoms with van der Waals surface area (Å²) in [6.45, 7) is 0. The summed E-state index contributed by atoms with van der Waals surface area (Å²) in [6.07, 6.45) is 3.02. The Hall–Kier alpha value is -1.98. The molecule has 2 aliphatic carbocycles. The molecular formula is C17H19F2NO3. The maximum atomic E-state index is 13.7. The van der Waals surface area contributed by atoms with E-state index in [0.717, 1.165) is 6.07 Å². The molecule has 0 aliphatic heterocycles. The Morgan fingerprint density at radius 3 is 2.43 bits per heavy atom. The van der Waals surface area contributed by atoms with Gasteiger partial charge in [0.25, 0.3) is 0 Å². The molecule has 0 saturated heterocycles. The minimum Gasteiger partial charge on any atom is -0.481 e. The molecule has 0 spiro atoms. The Morgan fingerprint density at radius 1 is 1.13 bits per heavy atom. The molecule has 2 atom stereocenters. The zero-order valence-corrected chi connectivity index (χ0v) is 12.6. The smallest absolute Gasteiger partial charge is 0.306 e. The summed E-state index contributed by atoms with van der Waals surface area (Å²) < 4.78 is 26.7. The number of rotatable bonds is 4. The normalized spacial score (nSPS) is 29.8. The van der Waals surface area contributed by atoms with Gasteiger partial charge in [0.1, 0.15) is 11.6 Å². The van der Waals surface area contributed by atoms with Crippen LogP contribution in [0.2, 0.25) is 0 Å². The quantitative estimate of drug-likeness (QED) is 0.895. The third-order valence-electron chi connectivity index (χ3n) is 4.91. The molecule has 23 heavy (non-hydrogen) atoms. The number of benzene rings is 1. The molecule has 2 fully saturated rings. The van der Waals surface area contributed by atoms with Crippen molar-refractivity contribution >= 4 is 11.9 Å². The summed E-state index contributed by atoms with van der Waals surface area (Å²) in [4.78, 5) is 23.1. The lowest BCUT2D eigenvalue weighted by atomic mass is 9.86. The maximum Gasteiger partial charge on any atom is 0.306 e. The van der Waals surface area contributed by atoms with E-state index < -0.39 is 17.6 Å². The molecule has 1 amide bonds. The minimum absolute atomic E-state index is 0.00239. The number of carbonyl (C=O) groups excluding carboxylic acids is 1. The largest absolute Gasteiger partial charge is 0.481 e. The second kappa shape index (κ2) is 6.26. The maximum absolute atomic E-state index is 13.7. The summed E-state index contributed by atoms with van der Waals surface area (Å²) in [5.74, 6) is -2.89. The van der Waals surface area contributed by atoms with Crippen molar-refractivity contribution in [2.45, 2.75) is 44.1 Å². The van der Waals surface area contributed by atoms with E-state index >= 15 is 0 Å². The van der Waals surface area contributed by atoms with E-state index in [9.17, 15) is 18.4 Å². The molecule has 2 N–H and O–H groups in total. The standard InChI is InChI=1S/C17H19F2NO3/c18-10-3-6-12(15(19)7-10)13-8-14(13)16(21)20-11-4-1-9(2-5-11)17(22)23/h3,6-7,9,11,13-14H,1-2,4-5,8H2,(H,20,21)(H,22,23)/t9?,11?,13-,14-/m0/s1. The van der Waals surface area contributed by atoms with Gasteiger partial charge in [0, 0.05) is 18.0 Å². The SMILES string of the molecule is O=C(O)C1CCC(NC(=O)[C@H]2C[C@H]2c2ccc(F)cc2F)CC1. The molecular weight excluding hydrogens is 304 g/mol. The molecule has 4 nitrogen and oxygen atoms in total. The molecule has 1 aromatic carbocycles. The highest BCUT2D eigenvalue weighted by atomic mass is 19.1. The Kier molecular flexibility index (Phi) is 4.33. The third-order valence-corrected chi connectivity index (χ3v) is 4.91. The van der Waals surface area contributed by atoms with Crippen LogP contribution in [-0.4, -0.2) is 23.0 Å². The van der Waals surface area contributed by atoms with Crippen molar-refractivity contribution in [2.24, 2.45) is 11.8 Å². The van der Waals surface area contributed by atoms with Gasteiger partial charge in [-0.1, -0.05) is 6.07 Å². The van der Waals surface area contributed by atoms with Crippen molar-refractivity contribution in [3.63, 3.8) is 0 Å². The molecule has 124 valence electrons. The molecule has 6 heteroatoms. The number of hydrogen-bond acceptors (Lipinski definition) is 2. The van der Waals surface area contributed by atoms with Crippen molar-refractivity contribution in [3.8, 4) is 0 Å². The number of hydrogen-bond donors (Lipinski definition) is 2. The molecule has 0 radical (unpaired) electrons. The predicted octanol–water partition coefficient (Wildman–Crippen LogP) is 2.83. The molecule has 0 aromatic heterocycles. The fourth-order valence-corrected chi connectivity index (χ4v) is 3.42. The Balaban J connectivity index is 1.52. The van der Waals surface area contributed by atoms with Crippen LogP contribution in [0.5, 0.6) is 0 Å². The predicted molar refractivity (Wildman–Crippen MR) is 78.7 cm³/mol. The van der Waals surface area contributed by atoms with Crippen molar-refractivity contribution < 1.29 is 23.5 Å². The van der Waals surface area contributed by atoms with E-state index in [1.54, 1.807) is 0 Å². The number of amides is 1. The van der Waals surface area contributed by atoms with Crippen LogP contribution in [0.25, 0.3) is 0 Å². The average molecular weight is 323 g/mol. The minimum atomic E-state index is -0.774. The van der Waals surface area contributed by atoms with E-state index in [0.29, 0.717) is 37.7 Å². The first-order chi connectivity index (χ1) is 11.0. The number of carbonyl (C=O) groups is 2. The van der Waals surface area contributed by atoms with Crippen LogP contribution in [0.3, 0.4) is 0 Å². The van der Waals surface area contributed by atoms with E-state index in [-0.39, 0.29) is 29.7 Å². The summed E-state index contributed by atoms with van der Waals surface area (Å²) in [7, 11) is 0. The number of carboxylic acids is 1. The first-order valence-electron chi connectivity index (χ1n) is 7.94. The Labute approximate surface area is 132 Å². The molecule has 1 aromatic rings. The summed E-state index contributed by atoms with van der Waals surface area (Å²) in [6, 6.07) is 3.45. The molecule has 0 heterocycles. The fraction of sp³-hybridized carbons (Fsp3) is 0.529. The van der Waals surface area contributed by atoms with Crippen LogP contribution in [0.1, 0.15) is 43.6 Å². The van der Waals surface area contributed by atoms with Gasteiger partial charge >= 0.3 is 5.97 Å². The lowest BCUT2D eigenvalue weighted by molar-refractivity contribution is -0.142. The van der Waals surface area contributed by atoms with Crippen LogP contribution in [0.15, 0.2) is 18.2 Å². The van der Waals surface area contributed by atoms with Gasteiger partial charge in [-0.25, -0.2) is 8.78 Å². The second-order valence-corrected chi connectivity index (χ2v) is 6.51. The fourth-order valence-electron chi connectivity index (χ4n) is 3.42. The van der Waals surface area contributed by atoms with Crippen LogP contribution in [0.4, 0.5) is 8.78 Å². The molecule has 2 aliphatic rings. The molecule has 3 rings (SSSR count). The highest BCUT2D eigenvalue weighted by Gasteiger charge is 2.45. The van der Waals surface area contributed by atoms with Gasteiger partial charge in [-0.05, 0) is 49.7 Å². The van der Waals surface area contributed by atoms with E-state index in [1.165, 1.54) is 12.1 Å². The molecule has 0 unspecified atom stereocenters. The van der Waals surface area contributed by atoms with Crippen molar-refractivity contribution in [1.29, 1.82) is 0 Å². The highest BCUT2D eigenvalue weighted by Crippen LogP contribution is 2.48. The zero-order chi connectivity index (χ0) is 16.6. The topological polar surface area (TPSA) is 66.4 Å². The van der Waals surface area contributed by atoms with Crippen molar-refractivity contribution in [3.05, 3.63) is 35.4 Å². The monoisotopic (exact) mass is 323 g/mol. The summed E-state index contributed by atoms with van der Waals surface area (Å²) >= 11 is 0. The van der Waals surface area contributed by atoms with Gasteiger partial charge in [0.05, 0.1) is 5.92 Å². The lowest BCUT2D eigenvalue weighted by Crippen LogP contribution is -2.39. The van der Waals surface area contributed by atoms with Crippen LogP contribution < -0.4 is 5.32 Å². The first-order valence-corrected chi connectivity index (χ1v) is 7.94. The van der Waals surface area contributed by atoms with Gasteiger partial charge in [0.15, 0.2) is 0 Å². The second-order valence-electron chi connectivity index (χ2n) is 6.51. The van der Waals surface area contributed by atoms with E-state index in [4.69, 9.17) is 5.11 Å². The first kappa shape index (κ1) is 15.9. The molecule has 0 bridgehead atoms. The van der Waals surface area contributed by atoms with Gasteiger partial charge < -0.3 is 10.4 Å². The number of carboxylic acid groups (broad SMARTS) is 1. The van der Waals surface area contributed by atoms with Gasteiger partial charge in [0.2, 0.25) is 5.91 Å². The van der Waals surface area contributed by atoms with E-state index in [2.05, 4.69) is 5.32 Å². The van der Waals surface area contributed by atoms with E-state index in [1.807, 2.05) is 0 Å². The van der Waals surface area contributed by atoms with Crippen molar-refractivity contribution in [2.75, 3.05) is 0 Å². The molecule has 2 saturated carbocycles. The Morgan fingerprint density at radius 2 is 1.83 bits per heavy atom.